The maximum Gasteiger partial charge on any atom is 0.0144 e. The fourth-order valence-corrected chi connectivity index (χ4v) is 1.98. The van der Waals surface area contributed by atoms with Gasteiger partial charge in [0.25, 0.3) is 0 Å². The summed E-state index contributed by atoms with van der Waals surface area (Å²) in [6.07, 6.45) is 1.31. The van der Waals surface area contributed by atoms with Crippen LogP contribution in [0.1, 0.15) is 34.1 Å². The second-order valence-corrected chi connectivity index (χ2v) is 4.94. The summed E-state index contributed by atoms with van der Waals surface area (Å²) in [6.45, 7) is 11.3. The predicted octanol–water partition coefficient (Wildman–Crippen LogP) is 2.76. The van der Waals surface area contributed by atoms with Crippen molar-refractivity contribution in [1.29, 1.82) is 0 Å². The highest BCUT2D eigenvalue weighted by Crippen LogP contribution is 2.15. The quantitative estimate of drug-likeness (QED) is 0.661. The third-order valence-electron chi connectivity index (χ3n) is 2.04. The summed E-state index contributed by atoms with van der Waals surface area (Å²) in [6, 6.07) is 0. The smallest absolute Gasteiger partial charge is 0.0144 e. The normalized spacial score (nSPS) is 16.0. The van der Waals surface area contributed by atoms with E-state index in [1.54, 1.807) is 0 Å². The van der Waals surface area contributed by atoms with E-state index in [0.717, 1.165) is 24.3 Å². The van der Waals surface area contributed by atoms with Gasteiger partial charge in [-0.25, -0.2) is 0 Å². The van der Waals surface area contributed by atoms with Gasteiger partial charge in [-0.2, -0.15) is 11.8 Å². The standard InChI is InChI=1S/C10H23NS/c1-5-9(3)8-12-10(4)7-11-6-2/h9-11H,5-8H2,1-4H3. The van der Waals surface area contributed by atoms with Crippen LogP contribution in [0.3, 0.4) is 0 Å². The van der Waals surface area contributed by atoms with E-state index in [1.807, 2.05) is 0 Å². The van der Waals surface area contributed by atoms with Crippen molar-refractivity contribution < 1.29 is 0 Å². The highest BCUT2D eigenvalue weighted by Gasteiger charge is 2.04. The minimum absolute atomic E-state index is 0.763. The summed E-state index contributed by atoms with van der Waals surface area (Å²) in [7, 11) is 0. The lowest BCUT2D eigenvalue weighted by atomic mass is 10.2. The molecule has 0 fully saturated rings. The van der Waals surface area contributed by atoms with E-state index in [0.29, 0.717) is 0 Å². The summed E-state index contributed by atoms with van der Waals surface area (Å²) in [5, 5.41) is 4.13. The Morgan fingerprint density at radius 2 is 1.92 bits per heavy atom. The fourth-order valence-electron chi connectivity index (χ4n) is 0.853. The SMILES string of the molecule is CCNCC(C)SCC(C)CC. The van der Waals surface area contributed by atoms with Gasteiger partial charge >= 0.3 is 0 Å². The van der Waals surface area contributed by atoms with Crippen LogP contribution in [0.4, 0.5) is 0 Å². The minimum Gasteiger partial charge on any atom is -0.316 e. The van der Waals surface area contributed by atoms with E-state index in [4.69, 9.17) is 0 Å². The molecule has 0 aliphatic carbocycles. The maximum atomic E-state index is 3.37. The Kier molecular flexibility index (Phi) is 8.14. The zero-order valence-corrected chi connectivity index (χ0v) is 9.71. The Bertz CT molecular complexity index is 95.8. The Labute approximate surface area is 81.7 Å². The summed E-state index contributed by atoms with van der Waals surface area (Å²) in [5.41, 5.74) is 0. The lowest BCUT2D eigenvalue weighted by Crippen LogP contribution is -2.22. The van der Waals surface area contributed by atoms with E-state index in [2.05, 4.69) is 44.8 Å². The van der Waals surface area contributed by atoms with Crippen LogP contribution in [0, 0.1) is 5.92 Å². The number of hydrogen-bond acceptors (Lipinski definition) is 2. The Hall–Kier alpha value is 0.310. The molecule has 2 heteroatoms. The number of rotatable bonds is 7. The van der Waals surface area contributed by atoms with Crippen molar-refractivity contribution in [2.24, 2.45) is 5.92 Å². The molecule has 0 saturated carbocycles. The first-order chi connectivity index (χ1) is 5.70. The molecule has 0 aromatic rings. The van der Waals surface area contributed by atoms with Gasteiger partial charge in [0.05, 0.1) is 0 Å². The predicted molar refractivity (Wildman–Crippen MR) is 59.9 cm³/mol. The second kappa shape index (κ2) is 7.93. The van der Waals surface area contributed by atoms with E-state index in [9.17, 15) is 0 Å². The molecule has 0 spiro atoms. The topological polar surface area (TPSA) is 12.0 Å². The van der Waals surface area contributed by atoms with Crippen molar-refractivity contribution in [3.8, 4) is 0 Å². The lowest BCUT2D eigenvalue weighted by molar-refractivity contribution is 0.633. The van der Waals surface area contributed by atoms with E-state index in [1.165, 1.54) is 12.2 Å². The van der Waals surface area contributed by atoms with Crippen molar-refractivity contribution in [3.63, 3.8) is 0 Å². The molecule has 0 saturated heterocycles. The van der Waals surface area contributed by atoms with Crippen molar-refractivity contribution in [2.45, 2.75) is 39.4 Å². The van der Waals surface area contributed by atoms with Gasteiger partial charge in [0, 0.05) is 11.8 Å². The van der Waals surface area contributed by atoms with Gasteiger partial charge in [-0.05, 0) is 18.2 Å². The van der Waals surface area contributed by atoms with E-state index in [-0.39, 0.29) is 0 Å². The van der Waals surface area contributed by atoms with Crippen molar-refractivity contribution in [2.75, 3.05) is 18.8 Å². The molecule has 0 aromatic heterocycles. The molecular weight excluding hydrogens is 166 g/mol. The van der Waals surface area contributed by atoms with Crippen LogP contribution in [-0.4, -0.2) is 24.1 Å². The van der Waals surface area contributed by atoms with Crippen LogP contribution >= 0.6 is 11.8 Å². The molecule has 0 radical (unpaired) electrons. The van der Waals surface area contributed by atoms with Gasteiger partial charge in [-0.3, -0.25) is 0 Å². The molecule has 0 aromatic carbocycles. The van der Waals surface area contributed by atoms with Crippen LogP contribution in [0.15, 0.2) is 0 Å². The van der Waals surface area contributed by atoms with Gasteiger partial charge in [0.2, 0.25) is 0 Å². The average molecular weight is 189 g/mol. The summed E-state index contributed by atoms with van der Waals surface area (Å²) < 4.78 is 0. The third kappa shape index (κ3) is 6.99. The summed E-state index contributed by atoms with van der Waals surface area (Å²) in [5.74, 6) is 2.18. The molecule has 12 heavy (non-hydrogen) atoms. The molecule has 0 bridgehead atoms. The molecule has 1 N–H and O–H groups in total. The molecule has 74 valence electrons. The molecule has 0 amide bonds. The van der Waals surface area contributed by atoms with Crippen LogP contribution in [0.2, 0.25) is 0 Å². The molecular formula is C10H23NS. The third-order valence-corrected chi connectivity index (χ3v) is 3.54. The lowest BCUT2D eigenvalue weighted by Gasteiger charge is -2.14. The van der Waals surface area contributed by atoms with E-state index >= 15 is 0 Å². The molecule has 0 rings (SSSR count). The van der Waals surface area contributed by atoms with Crippen LogP contribution in [0.25, 0.3) is 0 Å². The van der Waals surface area contributed by atoms with Gasteiger partial charge in [0.1, 0.15) is 0 Å². The number of nitrogens with one attached hydrogen (secondary N) is 1. The summed E-state index contributed by atoms with van der Waals surface area (Å²) in [4.78, 5) is 0. The van der Waals surface area contributed by atoms with Crippen molar-refractivity contribution in [3.05, 3.63) is 0 Å². The molecule has 0 aliphatic heterocycles. The zero-order chi connectivity index (χ0) is 9.40. The second-order valence-electron chi connectivity index (χ2n) is 3.47. The first-order valence-corrected chi connectivity index (χ1v) is 6.07. The Morgan fingerprint density at radius 1 is 1.25 bits per heavy atom. The maximum absolute atomic E-state index is 3.37. The Balaban J connectivity index is 3.24. The monoisotopic (exact) mass is 189 g/mol. The van der Waals surface area contributed by atoms with Crippen LogP contribution in [-0.2, 0) is 0 Å². The Morgan fingerprint density at radius 3 is 2.42 bits per heavy atom. The summed E-state index contributed by atoms with van der Waals surface area (Å²) >= 11 is 2.09. The fraction of sp³-hybridized carbons (Fsp3) is 1.00. The highest BCUT2D eigenvalue weighted by atomic mass is 32.2. The average Bonchev–Trinajstić information content (AvgIpc) is 2.10. The van der Waals surface area contributed by atoms with Crippen molar-refractivity contribution >= 4 is 11.8 Å². The number of thioether (sulfide) groups is 1. The molecule has 1 nitrogen and oxygen atoms in total. The van der Waals surface area contributed by atoms with Gasteiger partial charge in [-0.1, -0.05) is 34.1 Å². The molecule has 0 aliphatic rings. The first-order valence-electron chi connectivity index (χ1n) is 5.03. The minimum atomic E-state index is 0.763. The molecule has 2 unspecified atom stereocenters. The molecule has 0 heterocycles. The van der Waals surface area contributed by atoms with Gasteiger partial charge in [-0.15, -0.1) is 0 Å². The largest absolute Gasteiger partial charge is 0.316 e. The highest BCUT2D eigenvalue weighted by molar-refractivity contribution is 7.99. The zero-order valence-electron chi connectivity index (χ0n) is 8.89. The van der Waals surface area contributed by atoms with Crippen molar-refractivity contribution in [1.82, 2.24) is 5.32 Å². The van der Waals surface area contributed by atoms with Gasteiger partial charge < -0.3 is 5.32 Å². The first kappa shape index (κ1) is 12.3. The number of hydrogen-bond donors (Lipinski definition) is 1. The molecule has 2 atom stereocenters. The van der Waals surface area contributed by atoms with Crippen LogP contribution < -0.4 is 5.32 Å². The van der Waals surface area contributed by atoms with Gasteiger partial charge in [0.15, 0.2) is 0 Å². The van der Waals surface area contributed by atoms with E-state index < -0.39 is 0 Å². The van der Waals surface area contributed by atoms with Crippen LogP contribution in [0.5, 0.6) is 0 Å².